The van der Waals surface area contributed by atoms with E-state index < -0.39 is 0 Å². The summed E-state index contributed by atoms with van der Waals surface area (Å²) in [6, 6.07) is 22.9. The zero-order valence-corrected chi connectivity index (χ0v) is 17.9. The van der Waals surface area contributed by atoms with Gasteiger partial charge in [0.1, 0.15) is 5.58 Å². The van der Waals surface area contributed by atoms with Crippen LogP contribution in [0.15, 0.2) is 82.1 Å². The van der Waals surface area contributed by atoms with E-state index in [1.807, 2.05) is 72.8 Å². The van der Waals surface area contributed by atoms with Crippen molar-refractivity contribution in [1.29, 1.82) is 0 Å². The summed E-state index contributed by atoms with van der Waals surface area (Å²) in [5.41, 5.74) is 3.18. The minimum absolute atomic E-state index is 0.276. The summed E-state index contributed by atoms with van der Waals surface area (Å²) in [6.45, 7) is 0.413. The van der Waals surface area contributed by atoms with Gasteiger partial charge in [-0.15, -0.1) is 11.8 Å². The molecule has 0 aliphatic rings. The topological polar surface area (TPSA) is 51.5 Å². The Morgan fingerprint density at radius 1 is 1.03 bits per heavy atom. The fourth-order valence-corrected chi connectivity index (χ4v) is 4.27. The molecule has 0 aliphatic carbocycles. The molecule has 0 spiro atoms. The van der Waals surface area contributed by atoms with Crippen molar-refractivity contribution in [3.63, 3.8) is 0 Å². The second-order valence-corrected chi connectivity index (χ2v) is 8.18. The molecule has 3 aromatic carbocycles. The molecule has 4 aromatic rings. The molecular formula is C24H20ClNO3S. The van der Waals surface area contributed by atoms with E-state index >= 15 is 0 Å². The monoisotopic (exact) mass is 437 g/mol. The number of thioether (sulfide) groups is 1. The summed E-state index contributed by atoms with van der Waals surface area (Å²) < 4.78 is 11.2. The normalized spacial score (nSPS) is 11.0. The fourth-order valence-electron chi connectivity index (χ4n) is 3.21. The van der Waals surface area contributed by atoms with Gasteiger partial charge in [-0.2, -0.15) is 0 Å². The molecule has 0 unspecified atom stereocenters. The molecule has 6 heteroatoms. The molecule has 0 atom stereocenters. The van der Waals surface area contributed by atoms with Gasteiger partial charge in [-0.1, -0.05) is 48.0 Å². The van der Waals surface area contributed by atoms with Gasteiger partial charge in [0, 0.05) is 45.0 Å². The third kappa shape index (κ3) is 4.54. The number of para-hydroxylation sites is 2. The van der Waals surface area contributed by atoms with E-state index in [0.717, 1.165) is 21.4 Å². The highest BCUT2D eigenvalue weighted by atomic mass is 35.5. The molecule has 1 heterocycles. The third-order valence-electron chi connectivity index (χ3n) is 4.67. The number of carbonyl (C=O) groups excluding carboxylic acids is 1. The molecule has 0 saturated carbocycles. The molecule has 4 nitrogen and oxygen atoms in total. The van der Waals surface area contributed by atoms with Crippen LogP contribution in [0.1, 0.15) is 21.7 Å². The van der Waals surface area contributed by atoms with Crippen LogP contribution < -0.4 is 5.32 Å². The van der Waals surface area contributed by atoms with Crippen LogP contribution in [0.3, 0.4) is 0 Å². The Bertz CT molecular complexity index is 1170. The Kier molecular flexibility index (Phi) is 6.43. The van der Waals surface area contributed by atoms with Crippen molar-refractivity contribution in [3.05, 3.63) is 94.7 Å². The lowest BCUT2D eigenvalue weighted by Gasteiger charge is -2.10. The van der Waals surface area contributed by atoms with Gasteiger partial charge in [-0.05, 0) is 36.4 Å². The van der Waals surface area contributed by atoms with Crippen LogP contribution in [0.25, 0.3) is 11.0 Å². The van der Waals surface area contributed by atoms with Crippen molar-refractivity contribution >= 4 is 45.9 Å². The van der Waals surface area contributed by atoms with E-state index in [2.05, 4.69) is 5.32 Å². The van der Waals surface area contributed by atoms with E-state index in [-0.39, 0.29) is 5.91 Å². The Morgan fingerprint density at radius 2 is 1.77 bits per heavy atom. The standard InChI is InChI=1S/C24H20ClNO3S/c1-28-14-16-6-2-4-8-21(16)26-24(27)23-20(19-7-3-5-9-22(19)29-23)15-30-18-12-10-17(25)11-13-18/h2-13H,14-15H2,1H3,(H,26,27). The maximum atomic E-state index is 13.1. The number of halogens is 1. The number of methoxy groups -OCH3 is 1. The lowest BCUT2D eigenvalue weighted by atomic mass is 10.1. The van der Waals surface area contributed by atoms with E-state index in [1.54, 1.807) is 18.9 Å². The molecule has 0 saturated heterocycles. The van der Waals surface area contributed by atoms with Crippen LogP contribution in [-0.4, -0.2) is 13.0 Å². The first kappa shape index (κ1) is 20.5. The number of furan rings is 1. The maximum absolute atomic E-state index is 13.1. The first-order valence-corrected chi connectivity index (χ1v) is 10.8. The van der Waals surface area contributed by atoms with Crippen molar-refractivity contribution in [2.75, 3.05) is 12.4 Å². The maximum Gasteiger partial charge on any atom is 0.291 e. The number of benzene rings is 3. The number of fused-ring (bicyclic) bond motifs is 1. The first-order valence-electron chi connectivity index (χ1n) is 9.42. The van der Waals surface area contributed by atoms with Gasteiger partial charge in [0.05, 0.1) is 6.61 Å². The zero-order chi connectivity index (χ0) is 20.9. The predicted octanol–water partition coefficient (Wildman–Crippen LogP) is 6.78. The van der Waals surface area contributed by atoms with Crippen LogP contribution in [-0.2, 0) is 17.1 Å². The number of rotatable bonds is 7. The lowest BCUT2D eigenvalue weighted by molar-refractivity contribution is 0.0997. The molecule has 152 valence electrons. The summed E-state index contributed by atoms with van der Waals surface area (Å²) in [5, 5.41) is 4.62. The Morgan fingerprint density at radius 3 is 2.57 bits per heavy atom. The molecule has 1 amide bonds. The van der Waals surface area contributed by atoms with Crippen molar-refractivity contribution in [2.45, 2.75) is 17.3 Å². The van der Waals surface area contributed by atoms with E-state index in [9.17, 15) is 4.79 Å². The minimum atomic E-state index is -0.276. The van der Waals surface area contributed by atoms with Crippen LogP contribution in [0.5, 0.6) is 0 Å². The summed E-state index contributed by atoms with van der Waals surface area (Å²) in [6.07, 6.45) is 0. The van der Waals surface area contributed by atoms with Crippen molar-refractivity contribution in [3.8, 4) is 0 Å². The van der Waals surface area contributed by atoms with Crippen LogP contribution in [0.4, 0.5) is 5.69 Å². The van der Waals surface area contributed by atoms with Gasteiger partial charge in [-0.3, -0.25) is 4.79 Å². The quantitative estimate of drug-likeness (QED) is 0.324. The largest absolute Gasteiger partial charge is 0.451 e. The number of amides is 1. The second kappa shape index (κ2) is 9.39. The van der Waals surface area contributed by atoms with Crippen molar-refractivity contribution in [1.82, 2.24) is 0 Å². The van der Waals surface area contributed by atoms with Crippen LogP contribution in [0, 0.1) is 0 Å². The molecule has 0 radical (unpaired) electrons. The SMILES string of the molecule is COCc1ccccc1NC(=O)c1oc2ccccc2c1CSc1ccc(Cl)cc1. The molecule has 1 N–H and O–H groups in total. The molecule has 4 rings (SSSR count). The molecule has 0 aliphatic heterocycles. The van der Waals surface area contributed by atoms with Gasteiger partial charge in [0.2, 0.25) is 0 Å². The van der Waals surface area contributed by atoms with Gasteiger partial charge >= 0.3 is 0 Å². The zero-order valence-electron chi connectivity index (χ0n) is 16.4. The van der Waals surface area contributed by atoms with E-state index in [4.69, 9.17) is 20.8 Å². The van der Waals surface area contributed by atoms with E-state index in [0.29, 0.717) is 34.4 Å². The average molecular weight is 438 g/mol. The van der Waals surface area contributed by atoms with Gasteiger partial charge in [0.25, 0.3) is 5.91 Å². The predicted molar refractivity (Wildman–Crippen MR) is 122 cm³/mol. The highest BCUT2D eigenvalue weighted by Gasteiger charge is 2.21. The van der Waals surface area contributed by atoms with Gasteiger partial charge < -0.3 is 14.5 Å². The molecule has 30 heavy (non-hydrogen) atoms. The van der Waals surface area contributed by atoms with Crippen molar-refractivity contribution < 1.29 is 13.9 Å². The van der Waals surface area contributed by atoms with Gasteiger partial charge in [0.15, 0.2) is 5.76 Å². The minimum Gasteiger partial charge on any atom is -0.451 e. The summed E-state index contributed by atoms with van der Waals surface area (Å²) in [4.78, 5) is 14.2. The molecule has 0 bridgehead atoms. The van der Waals surface area contributed by atoms with Crippen LogP contribution in [0.2, 0.25) is 5.02 Å². The molecular weight excluding hydrogens is 418 g/mol. The Labute approximate surface area is 184 Å². The van der Waals surface area contributed by atoms with Gasteiger partial charge in [-0.25, -0.2) is 0 Å². The number of anilines is 1. The van der Waals surface area contributed by atoms with Crippen LogP contribution >= 0.6 is 23.4 Å². The highest BCUT2D eigenvalue weighted by molar-refractivity contribution is 7.98. The molecule has 1 aromatic heterocycles. The average Bonchev–Trinajstić information content (AvgIpc) is 3.14. The smallest absolute Gasteiger partial charge is 0.291 e. The number of ether oxygens (including phenoxy) is 1. The van der Waals surface area contributed by atoms with Crippen molar-refractivity contribution in [2.24, 2.45) is 0 Å². The molecule has 0 fully saturated rings. The highest BCUT2D eigenvalue weighted by Crippen LogP contribution is 2.33. The summed E-state index contributed by atoms with van der Waals surface area (Å²) in [7, 11) is 1.63. The number of nitrogens with one attached hydrogen (secondary N) is 1. The Balaban J connectivity index is 1.64. The third-order valence-corrected chi connectivity index (χ3v) is 5.96. The second-order valence-electron chi connectivity index (χ2n) is 6.69. The Hall–Kier alpha value is -2.73. The van der Waals surface area contributed by atoms with E-state index in [1.165, 1.54) is 0 Å². The number of hydrogen-bond donors (Lipinski definition) is 1. The number of carbonyl (C=O) groups is 1. The summed E-state index contributed by atoms with van der Waals surface area (Å²) >= 11 is 7.61. The fraction of sp³-hybridized carbons (Fsp3) is 0.125. The first-order chi connectivity index (χ1) is 14.7. The lowest BCUT2D eigenvalue weighted by Crippen LogP contribution is -2.14. The number of hydrogen-bond acceptors (Lipinski definition) is 4. The summed E-state index contributed by atoms with van der Waals surface area (Å²) in [5.74, 6) is 0.646.